The third kappa shape index (κ3) is 5.39. The van der Waals surface area contributed by atoms with Crippen LogP contribution in [0.5, 0.6) is 11.5 Å². The highest BCUT2D eigenvalue weighted by molar-refractivity contribution is 6.30. The van der Waals surface area contributed by atoms with Gasteiger partial charge in [0.25, 0.3) is 0 Å². The van der Waals surface area contributed by atoms with Crippen molar-refractivity contribution in [3.63, 3.8) is 0 Å². The van der Waals surface area contributed by atoms with Crippen LogP contribution in [0.1, 0.15) is 43.4 Å². The van der Waals surface area contributed by atoms with Crippen LogP contribution in [0.2, 0.25) is 5.02 Å². The summed E-state index contributed by atoms with van der Waals surface area (Å²) >= 11 is 5.93. The lowest BCUT2D eigenvalue weighted by atomic mass is 10.0. The summed E-state index contributed by atoms with van der Waals surface area (Å²) in [5, 5.41) is 2.57. The topological polar surface area (TPSA) is 40.2 Å². The molecule has 0 aliphatic carbocycles. The van der Waals surface area contributed by atoms with E-state index in [0.29, 0.717) is 23.1 Å². The van der Waals surface area contributed by atoms with Crippen LogP contribution in [0.4, 0.5) is 0 Å². The summed E-state index contributed by atoms with van der Waals surface area (Å²) in [7, 11) is 3.59. The third-order valence-corrected chi connectivity index (χ3v) is 5.07. The second-order valence-electron chi connectivity index (χ2n) is 6.88. The van der Waals surface area contributed by atoms with Gasteiger partial charge in [-0.1, -0.05) is 43.1 Å². The lowest BCUT2D eigenvalue weighted by Gasteiger charge is -2.19. The molecule has 1 aliphatic rings. The number of rotatable bonds is 9. The second kappa shape index (κ2) is 10.1. The van der Waals surface area contributed by atoms with E-state index in [1.807, 2.05) is 48.5 Å². The van der Waals surface area contributed by atoms with E-state index in [9.17, 15) is 0 Å². The predicted molar refractivity (Wildman–Crippen MR) is 110 cm³/mol. The number of hydroxylamine groups is 2. The Bertz CT molecular complexity index is 753. The van der Waals surface area contributed by atoms with E-state index in [1.165, 1.54) is 0 Å². The van der Waals surface area contributed by atoms with E-state index < -0.39 is 0 Å². The zero-order valence-electron chi connectivity index (χ0n) is 16.7. The molecular weight excluding hydrogens is 378 g/mol. The summed E-state index contributed by atoms with van der Waals surface area (Å²) in [6, 6.07) is 13.7. The van der Waals surface area contributed by atoms with Gasteiger partial charge in [-0.25, -0.2) is 0 Å². The van der Waals surface area contributed by atoms with Crippen LogP contribution in [0, 0.1) is 0 Å². The second-order valence-corrected chi connectivity index (χ2v) is 7.32. The fourth-order valence-electron chi connectivity index (χ4n) is 3.19. The Morgan fingerprint density at radius 1 is 1.14 bits per heavy atom. The number of ether oxygens (including phenoxy) is 3. The zero-order chi connectivity index (χ0) is 19.9. The minimum atomic E-state index is -0.201. The maximum absolute atomic E-state index is 5.95. The van der Waals surface area contributed by atoms with Gasteiger partial charge in [-0.3, -0.25) is 4.84 Å². The van der Waals surface area contributed by atoms with E-state index >= 15 is 0 Å². The summed E-state index contributed by atoms with van der Waals surface area (Å²) in [6.45, 7) is 3.33. The van der Waals surface area contributed by atoms with Crippen LogP contribution >= 0.6 is 11.6 Å². The lowest BCUT2D eigenvalue weighted by molar-refractivity contribution is -0.229. The number of unbranched alkanes of at least 4 members (excludes halogenated alkanes) is 1. The maximum atomic E-state index is 5.95. The van der Waals surface area contributed by atoms with E-state index in [2.05, 4.69) is 13.0 Å². The van der Waals surface area contributed by atoms with Crippen molar-refractivity contribution in [1.82, 2.24) is 5.06 Å². The molecule has 0 amide bonds. The highest BCUT2D eigenvalue weighted by atomic mass is 35.5. The number of nitrogens with zero attached hydrogens (tertiary/aromatic N) is 1. The molecule has 0 spiro atoms. The Labute approximate surface area is 172 Å². The van der Waals surface area contributed by atoms with Gasteiger partial charge in [-0.2, -0.15) is 5.06 Å². The molecule has 0 saturated carbocycles. The van der Waals surface area contributed by atoms with Gasteiger partial charge in [-0.15, -0.1) is 0 Å². The van der Waals surface area contributed by atoms with E-state index in [1.54, 1.807) is 7.11 Å². The van der Waals surface area contributed by atoms with Crippen LogP contribution in [0.15, 0.2) is 42.5 Å². The van der Waals surface area contributed by atoms with Gasteiger partial charge in [0, 0.05) is 25.1 Å². The van der Waals surface area contributed by atoms with Crippen LogP contribution in [0.25, 0.3) is 0 Å². The zero-order valence-corrected chi connectivity index (χ0v) is 17.4. The first-order chi connectivity index (χ1) is 13.6. The molecule has 0 radical (unpaired) electrons. The van der Waals surface area contributed by atoms with Crippen molar-refractivity contribution in [2.24, 2.45) is 0 Å². The van der Waals surface area contributed by atoms with Crippen molar-refractivity contribution in [3.05, 3.63) is 58.6 Å². The molecule has 1 fully saturated rings. The molecule has 3 rings (SSSR count). The van der Waals surface area contributed by atoms with Crippen molar-refractivity contribution in [2.75, 3.05) is 20.8 Å². The van der Waals surface area contributed by atoms with Gasteiger partial charge in [0.2, 0.25) is 0 Å². The molecule has 0 aromatic heterocycles. The summed E-state index contributed by atoms with van der Waals surface area (Å²) < 4.78 is 17.3. The van der Waals surface area contributed by atoms with Crippen molar-refractivity contribution in [1.29, 1.82) is 0 Å². The van der Waals surface area contributed by atoms with Crippen LogP contribution in [-0.2, 0) is 16.2 Å². The number of hydrogen-bond acceptors (Lipinski definition) is 5. The average Bonchev–Trinajstić information content (AvgIpc) is 3.08. The fourth-order valence-corrected chi connectivity index (χ4v) is 3.31. The van der Waals surface area contributed by atoms with Gasteiger partial charge >= 0.3 is 0 Å². The van der Waals surface area contributed by atoms with Gasteiger partial charge in [0.1, 0.15) is 6.61 Å². The molecule has 152 valence electrons. The highest BCUT2D eigenvalue weighted by Crippen LogP contribution is 2.38. The Hall–Kier alpha value is -1.79. The molecular formula is C22H28ClNO4. The summed E-state index contributed by atoms with van der Waals surface area (Å²) in [4.78, 5) is 5.82. The smallest absolute Gasteiger partial charge is 0.179 e. The monoisotopic (exact) mass is 405 g/mol. The Morgan fingerprint density at radius 2 is 1.93 bits per heavy atom. The molecule has 6 heteroatoms. The molecule has 0 N–H and O–H groups in total. The first kappa shape index (κ1) is 20.9. The number of methoxy groups -OCH3 is 1. The highest BCUT2D eigenvalue weighted by Gasteiger charge is 2.33. The van der Waals surface area contributed by atoms with Crippen molar-refractivity contribution in [2.45, 2.75) is 45.1 Å². The molecule has 1 saturated heterocycles. The van der Waals surface area contributed by atoms with Crippen molar-refractivity contribution in [3.8, 4) is 11.5 Å². The first-order valence-electron chi connectivity index (χ1n) is 9.67. The molecule has 2 aromatic carbocycles. The molecule has 1 aliphatic heterocycles. The SMILES string of the molecule is CCCCO[C@H]1C[C@H](c2ccc(OCc3ccc(Cl)cc3)c(OC)c2)N(C)O1. The summed E-state index contributed by atoms with van der Waals surface area (Å²) in [6.07, 6.45) is 2.74. The normalized spacial score (nSPS) is 19.7. The summed E-state index contributed by atoms with van der Waals surface area (Å²) in [5.41, 5.74) is 2.16. The van der Waals surface area contributed by atoms with Gasteiger partial charge in [-0.05, 0) is 41.8 Å². The molecule has 0 bridgehead atoms. The van der Waals surface area contributed by atoms with Crippen molar-refractivity contribution < 1.29 is 19.0 Å². The van der Waals surface area contributed by atoms with E-state index in [0.717, 1.165) is 37.0 Å². The minimum Gasteiger partial charge on any atom is -0.493 e. The molecule has 2 aromatic rings. The molecule has 0 unspecified atom stereocenters. The largest absolute Gasteiger partial charge is 0.493 e. The number of hydrogen-bond donors (Lipinski definition) is 0. The minimum absolute atomic E-state index is 0.117. The standard InChI is InChI=1S/C22H28ClNO4/c1-4-5-12-26-22-14-19(24(2)28-22)17-8-11-20(21(13-17)25-3)27-15-16-6-9-18(23)10-7-16/h6-11,13,19,22H,4-5,12,14-15H2,1-3H3/t19-,22-/m1/s1. The molecule has 2 atom stereocenters. The Morgan fingerprint density at radius 3 is 2.64 bits per heavy atom. The lowest BCUT2D eigenvalue weighted by Crippen LogP contribution is -2.18. The quantitative estimate of drug-likeness (QED) is 0.524. The average molecular weight is 406 g/mol. The van der Waals surface area contributed by atoms with Gasteiger partial charge < -0.3 is 14.2 Å². The van der Waals surface area contributed by atoms with Gasteiger partial charge in [0.05, 0.1) is 13.2 Å². The third-order valence-electron chi connectivity index (χ3n) is 4.82. The van der Waals surface area contributed by atoms with E-state index in [-0.39, 0.29) is 12.3 Å². The van der Waals surface area contributed by atoms with Crippen LogP contribution < -0.4 is 9.47 Å². The molecule has 28 heavy (non-hydrogen) atoms. The Kier molecular flexibility index (Phi) is 7.57. The van der Waals surface area contributed by atoms with Crippen molar-refractivity contribution >= 4 is 11.6 Å². The maximum Gasteiger partial charge on any atom is 0.179 e. The molecule has 5 nitrogen and oxygen atoms in total. The van der Waals surface area contributed by atoms with Gasteiger partial charge in [0.15, 0.2) is 17.8 Å². The predicted octanol–water partition coefficient (Wildman–Crippen LogP) is 5.38. The molecule has 1 heterocycles. The number of halogens is 1. The Balaban J connectivity index is 1.64. The number of benzene rings is 2. The fraction of sp³-hybridized carbons (Fsp3) is 0.455. The first-order valence-corrected chi connectivity index (χ1v) is 10.0. The van der Waals surface area contributed by atoms with E-state index in [4.69, 9.17) is 30.6 Å². The van der Waals surface area contributed by atoms with Crippen LogP contribution in [-0.4, -0.2) is 32.1 Å². The van der Waals surface area contributed by atoms with Crippen LogP contribution in [0.3, 0.4) is 0 Å². The summed E-state index contributed by atoms with van der Waals surface area (Å²) in [5.74, 6) is 1.41.